The first kappa shape index (κ1) is 32.4. The number of aromatic amines is 1. The highest BCUT2D eigenvalue weighted by molar-refractivity contribution is 5.94. The first-order valence-electron chi connectivity index (χ1n) is 13.4. The third kappa shape index (κ3) is 9.74. The van der Waals surface area contributed by atoms with E-state index in [1.807, 2.05) is 13.8 Å². The zero-order valence-electron chi connectivity index (χ0n) is 23.7. The third-order valence-electron chi connectivity index (χ3n) is 6.25. The molecule has 1 aliphatic heterocycles. The molecule has 0 spiro atoms. The molecule has 1 aromatic heterocycles. The van der Waals surface area contributed by atoms with Gasteiger partial charge in [-0.2, -0.15) is 0 Å². The van der Waals surface area contributed by atoms with Crippen LogP contribution in [0.3, 0.4) is 0 Å². The summed E-state index contributed by atoms with van der Waals surface area (Å²) in [6.45, 7) is 8.24. The van der Waals surface area contributed by atoms with E-state index in [2.05, 4.69) is 21.0 Å². The summed E-state index contributed by atoms with van der Waals surface area (Å²) in [4.78, 5) is 88.4. The number of nitrogens with one attached hydrogen (secondary N) is 4. The first-order valence-corrected chi connectivity index (χ1v) is 13.4. The minimum atomic E-state index is -0.993. The van der Waals surface area contributed by atoms with Crippen molar-refractivity contribution in [2.24, 2.45) is 11.8 Å². The lowest BCUT2D eigenvalue weighted by molar-refractivity contribution is -0.150. The van der Waals surface area contributed by atoms with Gasteiger partial charge < -0.3 is 15.4 Å². The van der Waals surface area contributed by atoms with Gasteiger partial charge in [-0.05, 0) is 31.6 Å². The van der Waals surface area contributed by atoms with Crippen molar-refractivity contribution in [3.05, 3.63) is 32.6 Å². The van der Waals surface area contributed by atoms with Crippen molar-refractivity contribution in [2.75, 3.05) is 19.7 Å². The highest BCUT2D eigenvalue weighted by Gasteiger charge is 2.35. The van der Waals surface area contributed by atoms with Crippen LogP contribution in [0, 0.1) is 18.8 Å². The van der Waals surface area contributed by atoms with Crippen molar-refractivity contribution in [2.45, 2.75) is 78.9 Å². The number of rotatable bonds is 13. The average Bonchev–Trinajstić information content (AvgIpc) is 2.88. The maximum absolute atomic E-state index is 13.2. The monoisotopic (exact) mass is 564 g/mol. The molecule has 3 amide bonds. The molecule has 4 N–H and O–H groups in total. The van der Waals surface area contributed by atoms with E-state index in [4.69, 9.17) is 4.74 Å². The van der Waals surface area contributed by atoms with Gasteiger partial charge in [0.15, 0.2) is 12.4 Å². The molecule has 14 heteroatoms. The topological polar surface area (TPSA) is 189 Å². The highest BCUT2D eigenvalue weighted by atomic mass is 16.5. The van der Waals surface area contributed by atoms with Crippen LogP contribution in [0.5, 0.6) is 0 Å². The van der Waals surface area contributed by atoms with Crippen molar-refractivity contribution in [1.82, 2.24) is 30.6 Å². The molecule has 222 valence electrons. The van der Waals surface area contributed by atoms with E-state index < -0.39 is 54.1 Å². The molecule has 2 rings (SSSR count). The largest absolute Gasteiger partial charge is 0.456 e. The van der Waals surface area contributed by atoms with Crippen LogP contribution >= 0.6 is 0 Å². The smallest absolute Gasteiger partial charge is 0.328 e. The Bertz CT molecular complexity index is 1200. The summed E-state index contributed by atoms with van der Waals surface area (Å²) < 4.78 is 6.00. The molecule has 1 aliphatic rings. The van der Waals surface area contributed by atoms with Crippen molar-refractivity contribution in [1.29, 1.82) is 0 Å². The summed E-state index contributed by atoms with van der Waals surface area (Å²) in [5, 5.41) is 6.64. The maximum Gasteiger partial charge on any atom is 0.328 e. The van der Waals surface area contributed by atoms with Crippen LogP contribution in [-0.2, 0) is 35.3 Å². The summed E-state index contributed by atoms with van der Waals surface area (Å²) in [6.07, 6.45) is 2.58. The minimum absolute atomic E-state index is 0.00101. The van der Waals surface area contributed by atoms with E-state index in [0.717, 1.165) is 4.57 Å². The van der Waals surface area contributed by atoms with Crippen LogP contribution < -0.4 is 27.3 Å². The Kier molecular flexibility index (Phi) is 12.2. The summed E-state index contributed by atoms with van der Waals surface area (Å²) in [5.41, 5.74) is 1.81. The van der Waals surface area contributed by atoms with E-state index in [1.165, 1.54) is 18.1 Å². The van der Waals surface area contributed by atoms with Crippen LogP contribution in [0.4, 0.5) is 0 Å². The SMILES string of the molecule is Cc1cn(CC(=O)OCC(=O)C(NC(=O)C2CCCNN2C(=O)CCNC(=O)CC(C)C)C(C)C)c(=O)[nH]c1=O. The van der Waals surface area contributed by atoms with E-state index in [9.17, 15) is 33.6 Å². The van der Waals surface area contributed by atoms with Gasteiger partial charge in [0, 0.05) is 37.7 Å². The van der Waals surface area contributed by atoms with Crippen LogP contribution in [0.15, 0.2) is 15.8 Å². The molecule has 2 heterocycles. The lowest BCUT2D eigenvalue weighted by Crippen LogP contribution is -2.61. The number of hydrazine groups is 1. The second kappa shape index (κ2) is 15.1. The number of esters is 1. The summed E-state index contributed by atoms with van der Waals surface area (Å²) in [6, 6.07) is -1.85. The molecule has 14 nitrogen and oxygen atoms in total. The number of hydrogen-bond donors (Lipinski definition) is 4. The Morgan fingerprint density at radius 2 is 1.82 bits per heavy atom. The second-order valence-corrected chi connectivity index (χ2v) is 10.6. The van der Waals surface area contributed by atoms with Gasteiger partial charge in [-0.15, -0.1) is 0 Å². The zero-order valence-corrected chi connectivity index (χ0v) is 23.7. The lowest BCUT2D eigenvalue weighted by Gasteiger charge is -2.36. The molecule has 1 saturated heterocycles. The Morgan fingerprint density at radius 1 is 1.12 bits per heavy atom. The number of aromatic nitrogens is 2. The number of hydrogen-bond acceptors (Lipinski definition) is 9. The van der Waals surface area contributed by atoms with Gasteiger partial charge in [-0.3, -0.25) is 43.3 Å². The standard InChI is InChI=1S/C26H40N6O8/c1-15(2)11-20(34)27-10-8-21(35)32-18(7-6-9-28-32)25(38)29-23(16(3)4)19(33)14-40-22(36)13-31-12-17(5)24(37)30-26(31)39/h12,15-16,18,23,28H,6-11,13-14H2,1-5H3,(H,27,34)(H,29,38)(H,30,37,39). The van der Waals surface area contributed by atoms with E-state index >= 15 is 0 Å². The normalized spacial score (nSPS) is 16.0. The van der Waals surface area contributed by atoms with Crippen molar-refractivity contribution < 1.29 is 28.7 Å². The van der Waals surface area contributed by atoms with E-state index in [-0.39, 0.29) is 42.2 Å². The summed E-state index contributed by atoms with van der Waals surface area (Å²) in [7, 11) is 0. The Balaban J connectivity index is 1.95. The number of nitrogens with zero attached hydrogens (tertiary/aromatic N) is 2. The second-order valence-electron chi connectivity index (χ2n) is 10.6. The first-order chi connectivity index (χ1) is 18.8. The number of ether oxygens (including phenoxy) is 1. The molecular formula is C26H40N6O8. The fourth-order valence-corrected chi connectivity index (χ4v) is 4.15. The van der Waals surface area contributed by atoms with Gasteiger partial charge in [-0.25, -0.2) is 10.2 Å². The molecule has 0 saturated carbocycles. The fourth-order valence-electron chi connectivity index (χ4n) is 4.15. The maximum atomic E-state index is 13.2. The van der Waals surface area contributed by atoms with Crippen molar-refractivity contribution in [3.63, 3.8) is 0 Å². The van der Waals surface area contributed by atoms with Gasteiger partial charge >= 0.3 is 11.7 Å². The molecule has 0 bridgehead atoms. The van der Waals surface area contributed by atoms with E-state index in [0.29, 0.717) is 25.8 Å². The number of carbonyl (C=O) groups is 5. The molecule has 0 aliphatic carbocycles. The number of H-pyrrole nitrogens is 1. The number of amides is 3. The molecule has 2 unspecified atom stereocenters. The van der Waals surface area contributed by atoms with Gasteiger partial charge in [0.25, 0.3) is 5.56 Å². The predicted octanol–water partition coefficient (Wildman–Crippen LogP) is -0.854. The van der Waals surface area contributed by atoms with Crippen LogP contribution in [0.1, 0.15) is 58.9 Å². The lowest BCUT2D eigenvalue weighted by atomic mass is 9.98. The summed E-state index contributed by atoms with van der Waals surface area (Å²) >= 11 is 0. The Labute approximate surface area is 232 Å². The van der Waals surface area contributed by atoms with Gasteiger partial charge in [0.1, 0.15) is 12.6 Å². The molecule has 40 heavy (non-hydrogen) atoms. The van der Waals surface area contributed by atoms with Crippen molar-refractivity contribution >= 4 is 29.5 Å². The molecule has 2 atom stereocenters. The average molecular weight is 565 g/mol. The van der Waals surface area contributed by atoms with Gasteiger partial charge in [-0.1, -0.05) is 27.7 Å². The van der Waals surface area contributed by atoms with Crippen LogP contribution in [-0.4, -0.2) is 75.8 Å². The number of carbonyl (C=O) groups excluding carboxylic acids is 5. The van der Waals surface area contributed by atoms with Gasteiger partial charge in [0.05, 0.1) is 6.04 Å². The Morgan fingerprint density at radius 3 is 2.48 bits per heavy atom. The minimum Gasteiger partial charge on any atom is -0.456 e. The molecule has 0 radical (unpaired) electrons. The number of aryl methyl sites for hydroxylation is 1. The van der Waals surface area contributed by atoms with E-state index in [1.54, 1.807) is 13.8 Å². The predicted molar refractivity (Wildman–Crippen MR) is 144 cm³/mol. The summed E-state index contributed by atoms with van der Waals surface area (Å²) in [5.74, 6) is -2.63. The quantitative estimate of drug-likeness (QED) is 0.221. The molecule has 1 aromatic rings. The molecule has 1 fully saturated rings. The number of Topliss-reactive ketones (excluding diaryl/α,β-unsaturated/α-hetero) is 1. The number of ketones is 1. The van der Waals surface area contributed by atoms with Gasteiger partial charge in [0.2, 0.25) is 17.7 Å². The zero-order chi connectivity index (χ0) is 30.0. The van der Waals surface area contributed by atoms with Crippen LogP contribution in [0.25, 0.3) is 0 Å². The van der Waals surface area contributed by atoms with Crippen molar-refractivity contribution in [3.8, 4) is 0 Å². The van der Waals surface area contributed by atoms with Crippen LogP contribution in [0.2, 0.25) is 0 Å². The molecular weight excluding hydrogens is 524 g/mol. The fraction of sp³-hybridized carbons (Fsp3) is 0.654. The highest BCUT2D eigenvalue weighted by Crippen LogP contribution is 2.14. The molecule has 0 aromatic carbocycles. The Hall–Kier alpha value is -3.81. The third-order valence-corrected chi connectivity index (χ3v) is 6.25.